The third-order valence-corrected chi connectivity index (χ3v) is 8.33. The van der Waals surface area contributed by atoms with Crippen LogP contribution in [0.1, 0.15) is 18.9 Å². The van der Waals surface area contributed by atoms with E-state index in [0.717, 1.165) is 23.4 Å². The first kappa shape index (κ1) is 15.8. The Morgan fingerprint density at radius 3 is 2.93 bits per heavy atom. The van der Waals surface area contributed by atoms with Crippen LogP contribution >= 0.6 is 0 Å². The second-order valence-electron chi connectivity index (χ2n) is 9.07. The molecule has 1 aromatic carbocycles. The predicted octanol–water partition coefficient (Wildman–Crippen LogP) is 0.190. The van der Waals surface area contributed by atoms with Gasteiger partial charge < -0.3 is 24.4 Å². The number of ketones is 1. The number of nitrogens with zero attached hydrogens (tertiary/aromatic N) is 1. The van der Waals surface area contributed by atoms with Gasteiger partial charge in [-0.05, 0) is 24.1 Å². The zero-order chi connectivity index (χ0) is 18.8. The van der Waals surface area contributed by atoms with Crippen LogP contribution in [-0.2, 0) is 19.7 Å². The number of piperidine rings is 2. The van der Waals surface area contributed by atoms with E-state index in [4.69, 9.17) is 4.74 Å². The summed E-state index contributed by atoms with van der Waals surface area (Å²) in [5, 5.41) is 16.4. The summed E-state index contributed by atoms with van der Waals surface area (Å²) in [4.78, 5) is 26.6. The molecule has 1 N–H and O–H groups in total. The van der Waals surface area contributed by atoms with E-state index in [2.05, 4.69) is 12.4 Å². The average molecular weight is 366 g/mol. The topological polar surface area (TPSA) is 78.5 Å². The fraction of sp³-hybridized carbons (Fsp3) is 0.524. The number of carbonyl (C=O) groups is 2. The number of allylic oxidation sites excluding steroid dienone is 1. The molecule has 6 nitrogen and oxygen atoms in total. The molecule has 0 amide bonds. The number of carboxylic acid groups (broad SMARTS) is 1. The van der Waals surface area contributed by atoms with E-state index in [9.17, 15) is 14.7 Å². The van der Waals surface area contributed by atoms with Crippen molar-refractivity contribution >= 4 is 17.4 Å². The monoisotopic (exact) mass is 366 g/mol. The van der Waals surface area contributed by atoms with Gasteiger partial charge in [-0.3, -0.25) is 4.79 Å². The Hall–Kier alpha value is -2.18. The van der Waals surface area contributed by atoms with Gasteiger partial charge in [-0.15, -0.1) is 0 Å². The Bertz CT molecular complexity index is 973. The van der Waals surface area contributed by atoms with Crippen LogP contribution in [0.3, 0.4) is 0 Å². The lowest BCUT2D eigenvalue weighted by Gasteiger charge is -2.67. The number of anilines is 1. The van der Waals surface area contributed by atoms with Crippen molar-refractivity contribution in [1.82, 2.24) is 0 Å². The third-order valence-electron chi connectivity index (χ3n) is 8.33. The number of benzene rings is 1. The number of rotatable bonds is 1. The van der Waals surface area contributed by atoms with Gasteiger partial charge >= 0.3 is 0 Å². The van der Waals surface area contributed by atoms with E-state index in [1.807, 2.05) is 37.3 Å². The van der Waals surface area contributed by atoms with Gasteiger partial charge in [0.05, 0.1) is 42.9 Å². The third kappa shape index (κ3) is 1.26. The second-order valence-corrected chi connectivity index (χ2v) is 9.07. The lowest BCUT2D eigenvalue weighted by molar-refractivity contribution is -0.937. The summed E-state index contributed by atoms with van der Waals surface area (Å²) in [5.74, 6) is -1.83. The molecule has 27 heavy (non-hydrogen) atoms. The SMILES string of the molecule is C/C=C1/C[N+]2(C)CC[C@@]34c5ccccc5N[C@]35OCC4(C(=O)[O-])[C@H]1C(=O)[C@@H]52. The molecule has 1 saturated carbocycles. The molecule has 0 spiro atoms. The number of quaternary nitrogens is 1. The number of aliphatic carboxylic acids is 1. The molecule has 0 radical (unpaired) electrons. The normalized spacial score (nSPS) is 49.7. The lowest BCUT2D eigenvalue weighted by atomic mass is 9.42. The van der Waals surface area contributed by atoms with Crippen LogP contribution in [-0.4, -0.2) is 54.7 Å². The summed E-state index contributed by atoms with van der Waals surface area (Å²) in [5.41, 5.74) is -0.378. The maximum Gasteiger partial charge on any atom is 0.210 e. The first-order valence-electron chi connectivity index (χ1n) is 9.64. The highest BCUT2D eigenvalue weighted by atomic mass is 16.5. The molecule has 6 rings (SSSR count). The minimum atomic E-state index is -1.37. The van der Waals surface area contributed by atoms with Gasteiger partial charge in [0.25, 0.3) is 0 Å². The highest BCUT2D eigenvalue weighted by Gasteiger charge is 2.89. The summed E-state index contributed by atoms with van der Waals surface area (Å²) in [6.45, 7) is 3.35. The molecule has 1 aromatic rings. The summed E-state index contributed by atoms with van der Waals surface area (Å²) in [6, 6.07) is 7.44. The quantitative estimate of drug-likeness (QED) is 0.567. The van der Waals surface area contributed by atoms with Gasteiger partial charge in [-0.2, -0.15) is 0 Å². The van der Waals surface area contributed by atoms with Crippen molar-refractivity contribution < 1.29 is 23.9 Å². The number of hydrogen-bond donors (Lipinski definition) is 1. The number of nitrogens with one attached hydrogen (secondary N) is 1. The van der Waals surface area contributed by atoms with Crippen LogP contribution in [0, 0.1) is 11.3 Å². The van der Waals surface area contributed by atoms with E-state index in [1.54, 1.807) is 0 Å². The number of ether oxygens (including phenoxy) is 1. The molecule has 6 atom stereocenters. The van der Waals surface area contributed by atoms with Crippen LogP contribution in [0.15, 0.2) is 35.9 Å². The molecule has 140 valence electrons. The van der Waals surface area contributed by atoms with E-state index in [1.165, 1.54) is 0 Å². The van der Waals surface area contributed by atoms with Gasteiger partial charge in [0.15, 0.2) is 6.04 Å². The Kier molecular flexibility index (Phi) is 2.51. The van der Waals surface area contributed by atoms with Crippen LogP contribution < -0.4 is 10.4 Å². The molecule has 5 aliphatic rings. The molecule has 6 heteroatoms. The zero-order valence-electron chi connectivity index (χ0n) is 15.5. The smallest absolute Gasteiger partial charge is 0.210 e. The van der Waals surface area contributed by atoms with Crippen molar-refractivity contribution in [3.63, 3.8) is 0 Å². The Labute approximate surface area is 157 Å². The minimum absolute atomic E-state index is 0.00539. The molecule has 3 saturated heterocycles. The number of carbonyl (C=O) groups excluding carboxylic acids is 2. The number of fused-ring (bicyclic) bond motifs is 3. The highest BCUT2D eigenvalue weighted by Crippen LogP contribution is 2.74. The molecular formula is C21H22N2O4. The van der Waals surface area contributed by atoms with Crippen molar-refractivity contribution in [3.8, 4) is 0 Å². The van der Waals surface area contributed by atoms with Crippen LogP contribution in [0.5, 0.6) is 0 Å². The van der Waals surface area contributed by atoms with E-state index >= 15 is 0 Å². The largest absolute Gasteiger partial charge is 0.549 e. The highest BCUT2D eigenvalue weighted by molar-refractivity contribution is 6.01. The number of carboxylic acids is 1. The lowest BCUT2D eigenvalue weighted by Crippen LogP contribution is -2.86. The van der Waals surface area contributed by atoms with Gasteiger partial charge in [-0.1, -0.05) is 24.3 Å². The fourth-order valence-corrected chi connectivity index (χ4v) is 7.49. The molecule has 5 bridgehead atoms. The van der Waals surface area contributed by atoms with Gasteiger partial charge in [0, 0.05) is 12.1 Å². The molecule has 4 aliphatic heterocycles. The number of likely N-dealkylation sites (N-methyl/N-ethyl adjacent to an activating group) is 1. The maximum atomic E-state index is 13.8. The Balaban J connectivity index is 1.79. The first-order valence-corrected chi connectivity index (χ1v) is 9.64. The van der Waals surface area contributed by atoms with Crippen molar-refractivity contribution in [1.29, 1.82) is 0 Å². The molecule has 4 heterocycles. The Morgan fingerprint density at radius 2 is 2.19 bits per heavy atom. The molecule has 0 aromatic heterocycles. The minimum Gasteiger partial charge on any atom is -0.549 e. The van der Waals surface area contributed by atoms with E-state index in [0.29, 0.717) is 17.4 Å². The van der Waals surface area contributed by atoms with E-state index in [-0.39, 0.29) is 12.4 Å². The average Bonchev–Trinajstić information content (AvgIpc) is 3.05. The summed E-state index contributed by atoms with van der Waals surface area (Å²) in [6.07, 6.45) is 2.61. The second kappa shape index (κ2) is 4.28. The molecular weight excluding hydrogens is 344 g/mol. The van der Waals surface area contributed by atoms with Crippen molar-refractivity contribution in [2.45, 2.75) is 30.5 Å². The van der Waals surface area contributed by atoms with Crippen molar-refractivity contribution in [3.05, 3.63) is 41.5 Å². The van der Waals surface area contributed by atoms with Gasteiger partial charge in [-0.25, -0.2) is 0 Å². The fourth-order valence-electron chi connectivity index (χ4n) is 7.49. The van der Waals surface area contributed by atoms with E-state index < -0.39 is 34.5 Å². The summed E-state index contributed by atoms with van der Waals surface area (Å²) in [7, 11) is 2.11. The van der Waals surface area contributed by atoms with Gasteiger partial charge in [0.1, 0.15) is 6.54 Å². The number of para-hydroxylation sites is 1. The first-order chi connectivity index (χ1) is 12.9. The van der Waals surface area contributed by atoms with Crippen LogP contribution in [0.25, 0.3) is 0 Å². The Morgan fingerprint density at radius 1 is 1.41 bits per heavy atom. The van der Waals surface area contributed by atoms with Crippen LogP contribution in [0.2, 0.25) is 0 Å². The number of Topliss-reactive ketones (excluding diaryl/α,β-unsaturated/α-hetero) is 1. The summed E-state index contributed by atoms with van der Waals surface area (Å²) < 4.78 is 6.98. The molecule has 4 fully saturated rings. The van der Waals surface area contributed by atoms with Crippen LogP contribution in [0.4, 0.5) is 5.69 Å². The predicted molar refractivity (Wildman–Crippen MR) is 94.4 cm³/mol. The van der Waals surface area contributed by atoms with Gasteiger partial charge in [0.2, 0.25) is 11.5 Å². The maximum absolute atomic E-state index is 13.8. The molecule has 2 unspecified atom stereocenters. The number of hydrogen-bond acceptors (Lipinski definition) is 5. The summed E-state index contributed by atoms with van der Waals surface area (Å²) >= 11 is 0. The van der Waals surface area contributed by atoms with Crippen molar-refractivity contribution in [2.75, 3.05) is 32.1 Å². The molecule has 1 aliphatic carbocycles. The zero-order valence-corrected chi connectivity index (χ0v) is 15.5. The standard InChI is InChI=1S/C21H22N2O4/c1-3-12-10-23(2)9-8-20-13-6-4-5-7-14(13)22-21(20)17(23)16(24)15(12)19(20,11-27-21)18(25)26/h3-7,15,17,22H,8-11H2,1-2H3/b12-3-/t15-,17+,19?,20+,21-,23?/m1/s1. The van der Waals surface area contributed by atoms with Crippen molar-refractivity contribution in [2.24, 2.45) is 11.3 Å².